The average molecular weight is 422 g/mol. The lowest BCUT2D eigenvalue weighted by Gasteiger charge is -2.29. The molecule has 1 unspecified atom stereocenters. The Morgan fingerprint density at radius 1 is 1.00 bits per heavy atom. The Morgan fingerprint density at radius 3 is 2.31 bits per heavy atom. The molecule has 0 spiro atoms. The van der Waals surface area contributed by atoms with Crippen LogP contribution in [0.2, 0.25) is 0 Å². The minimum atomic E-state index is -0.983. The molecule has 2 aliphatic rings. The van der Waals surface area contributed by atoms with Gasteiger partial charge in [0, 0.05) is 5.57 Å². The zero-order chi connectivity index (χ0) is 22.4. The lowest BCUT2D eigenvalue weighted by Crippen LogP contribution is -2.44. The smallest absolute Gasteiger partial charge is 0.335 e. The van der Waals surface area contributed by atoms with Gasteiger partial charge in [0.1, 0.15) is 5.82 Å². The molecule has 0 radical (unpaired) electrons. The molecule has 0 bridgehead atoms. The van der Waals surface area contributed by atoms with E-state index in [1.807, 2.05) is 31.2 Å². The standard InChI is InChI=1S/C25H18N4O3/c1-14-22(17-6-8-18(9-7-17)25(31)32)23-27-21-12-19(16-4-2-15(13-26)3-5-16)10-11-20(21)24(30)29(23)28-14/h2-12,14,27-28H,1H3,(H,31,32). The van der Waals surface area contributed by atoms with Crippen molar-refractivity contribution in [2.45, 2.75) is 13.0 Å². The number of benzene rings is 3. The zero-order valence-corrected chi connectivity index (χ0v) is 17.1. The molecule has 3 aromatic rings. The molecule has 5 rings (SSSR count). The van der Waals surface area contributed by atoms with Crippen LogP contribution in [-0.2, 0) is 0 Å². The van der Waals surface area contributed by atoms with E-state index in [2.05, 4.69) is 16.8 Å². The molecular formula is C25H18N4O3. The summed E-state index contributed by atoms with van der Waals surface area (Å²) in [6.07, 6.45) is 0. The van der Waals surface area contributed by atoms with Gasteiger partial charge in [-0.2, -0.15) is 5.26 Å². The number of anilines is 1. The molecule has 3 N–H and O–H groups in total. The number of hydrogen-bond acceptors (Lipinski definition) is 5. The first-order chi connectivity index (χ1) is 15.5. The third-order valence-corrected chi connectivity index (χ3v) is 5.73. The van der Waals surface area contributed by atoms with Crippen molar-refractivity contribution in [1.82, 2.24) is 10.4 Å². The van der Waals surface area contributed by atoms with Crippen LogP contribution in [0.3, 0.4) is 0 Å². The number of nitrogens with one attached hydrogen (secondary N) is 2. The van der Waals surface area contributed by atoms with Crippen molar-refractivity contribution in [3.8, 4) is 17.2 Å². The first kappa shape index (κ1) is 19.5. The minimum Gasteiger partial charge on any atom is -0.478 e. The number of hydrogen-bond donors (Lipinski definition) is 3. The lowest BCUT2D eigenvalue weighted by atomic mass is 9.97. The van der Waals surface area contributed by atoms with Crippen LogP contribution in [-0.4, -0.2) is 28.0 Å². The van der Waals surface area contributed by atoms with Crippen LogP contribution in [0.15, 0.2) is 72.6 Å². The van der Waals surface area contributed by atoms with Gasteiger partial charge in [-0.1, -0.05) is 30.3 Å². The Morgan fingerprint density at radius 2 is 1.66 bits per heavy atom. The predicted molar refractivity (Wildman–Crippen MR) is 119 cm³/mol. The molecule has 1 atom stereocenters. The minimum absolute atomic E-state index is 0.149. The Labute approximate surface area is 184 Å². The van der Waals surface area contributed by atoms with E-state index in [1.165, 1.54) is 5.01 Å². The predicted octanol–water partition coefficient (Wildman–Crippen LogP) is 4.07. The van der Waals surface area contributed by atoms with Crippen LogP contribution in [0.1, 0.15) is 38.8 Å². The Bertz CT molecular complexity index is 1340. The fraction of sp³-hybridized carbons (Fsp3) is 0.0800. The normalized spacial score (nSPS) is 16.8. The van der Waals surface area contributed by atoms with Crippen molar-refractivity contribution in [3.63, 3.8) is 0 Å². The second-order valence-electron chi connectivity index (χ2n) is 7.71. The average Bonchev–Trinajstić information content (AvgIpc) is 3.15. The van der Waals surface area contributed by atoms with Gasteiger partial charge in [-0.3, -0.25) is 4.79 Å². The van der Waals surface area contributed by atoms with Crippen molar-refractivity contribution >= 4 is 23.1 Å². The SMILES string of the molecule is CC1NN2C(=O)c3ccc(-c4ccc(C#N)cc4)cc3NC2=C1c1ccc(C(=O)O)cc1. The number of aromatic carboxylic acids is 1. The summed E-state index contributed by atoms with van der Waals surface area (Å²) in [6.45, 7) is 1.95. The topological polar surface area (TPSA) is 105 Å². The Hall–Kier alpha value is -4.41. The van der Waals surface area contributed by atoms with Crippen LogP contribution >= 0.6 is 0 Å². The van der Waals surface area contributed by atoms with Crippen molar-refractivity contribution in [2.24, 2.45) is 0 Å². The van der Waals surface area contributed by atoms with Crippen LogP contribution in [0.5, 0.6) is 0 Å². The van der Waals surface area contributed by atoms with E-state index < -0.39 is 5.97 Å². The second-order valence-corrected chi connectivity index (χ2v) is 7.71. The summed E-state index contributed by atoms with van der Waals surface area (Å²) in [7, 11) is 0. The summed E-state index contributed by atoms with van der Waals surface area (Å²) in [5.74, 6) is -0.511. The van der Waals surface area contributed by atoms with Crippen LogP contribution in [0.25, 0.3) is 16.7 Å². The summed E-state index contributed by atoms with van der Waals surface area (Å²) in [6, 6.07) is 21.5. The Kier molecular flexibility index (Phi) is 4.51. The van der Waals surface area contributed by atoms with Crippen molar-refractivity contribution in [3.05, 3.63) is 94.8 Å². The van der Waals surface area contributed by atoms with Gasteiger partial charge in [0.15, 0.2) is 0 Å². The molecule has 3 aromatic carbocycles. The van der Waals surface area contributed by atoms with Crippen molar-refractivity contribution in [1.29, 1.82) is 5.26 Å². The van der Waals surface area contributed by atoms with Crippen LogP contribution in [0, 0.1) is 11.3 Å². The number of carboxylic acids is 1. The number of carbonyl (C=O) groups is 2. The largest absolute Gasteiger partial charge is 0.478 e. The van der Waals surface area contributed by atoms with E-state index in [1.54, 1.807) is 42.5 Å². The second kappa shape index (κ2) is 7.38. The highest BCUT2D eigenvalue weighted by Crippen LogP contribution is 2.38. The molecule has 0 aromatic heterocycles. The van der Waals surface area contributed by atoms with Gasteiger partial charge in [0.05, 0.1) is 34.5 Å². The molecule has 0 saturated carbocycles. The van der Waals surface area contributed by atoms with E-state index in [-0.39, 0.29) is 17.5 Å². The van der Waals surface area contributed by atoms with E-state index >= 15 is 0 Å². The maximum absolute atomic E-state index is 13.2. The number of rotatable bonds is 3. The maximum atomic E-state index is 13.2. The third kappa shape index (κ3) is 3.11. The van der Waals surface area contributed by atoms with Gasteiger partial charge in [-0.05, 0) is 60.0 Å². The molecule has 7 heteroatoms. The van der Waals surface area contributed by atoms with Gasteiger partial charge in [0.25, 0.3) is 5.91 Å². The summed E-state index contributed by atoms with van der Waals surface area (Å²) >= 11 is 0. The number of amides is 1. The highest BCUT2D eigenvalue weighted by Gasteiger charge is 2.38. The number of fused-ring (bicyclic) bond motifs is 2. The monoisotopic (exact) mass is 422 g/mol. The van der Waals surface area contributed by atoms with Gasteiger partial charge in [-0.25, -0.2) is 15.2 Å². The van der Waals surface area contributed by atoms with Gasteiger partial charge >= 0.3 is 5.97 Å². The summed E-state index contributed by atoms with van der Waals surface area (Å²) < 4.78 is 0. The van der Waals surface area contributed by atoms with E-state index in [0.717, 1.165) is 22.3 Å². The third-order valence-electron chi connectivity index (χ3n) is 5.73. The Balaban J connectivity index is 1.56. The quantitative estimate of drug-likeness (QED) is 0.588. The maximum Gasteiger partial charge on any atom is 0.335 e. The fourth-order valence-corrected chi connectivity index (χ4v) is 4.11. The summed E-state index contributed by atoms with van der Waals surface area (Å²) in [5, 5.41) is 23.1. The number of nitrogens with zero attached hydrogens (tertiary/aromatic N) is 2. The van der Waals surface area contributed by atoms with Gasteiger partial charge in [-0.15, -0.1) is 0 Å². The van der Waals surface area contributed by atoms with Crippen LogP contribution < -0.4 is 10.7 Å². The van der Waals surface area contributed by atoms with Crippen molar-refractivity contribution in [2.75, 3.05) is 5.32 Å². The van der Waals surface area contributed by atoms with Crippen molar-refractivity contribution < 1.29 is 14.7 Å². The molecule has 2 aliphatic heterocycles. The molecule has 7 nitrogen and oxygen atoms in total. The first-order valence-corrected chi connectivity index (χ1v) is 10.1. The molecule has 0 aliphatic carbocycles. The molecule has 0 fully saturated rings. The van der Waals surface area contributed by atoms with E-state index in [0.29, 0.717) is 22.6 Å². The fourth-order valence-electron chi connectivity index (χ4n) is 4.11. The van der Waals surface area contributed by atoms with Crippen LogP contribution in [0.4, 0.5) is 5.69 Å². The highest BCUT2D eigenvalue weighted by molar-refractivity contribution is 6.06. The lowest BCUT2D eigenvalue weighted by molar-refractivity contribution is 0.0695. The molecule has 32 heavy (non-hydrogen) atoms. The van der Waals surface area contributed by atoms with Gasteiger partial charge in [0.2, 0.25) is 0 Å². The molecule has 0 saturated heterocycles. The zero-order valence-electron chi connectivity index (χ0n) is 17.1. The highest BCUT2D eigenvalue weighted by atomic mass is 16.4. The number of nitriles is 1. The molecular weight excluding hydrogens is 404 g/mol. The van der Waals surface area contributed by atoms with E-state index in [9.17, 15) is 9.59 Å². The molecule has 1 amide bonds. The summed E-state index contributed by atoms with van der Waals surface area (Å²) in [5.41, 5.74) is 8.81. The van der Waals surface area contributed by atoms with E-state index in [4.69, 9.17) is 10.4 Å². The summed E-state index contributed by atoms with van der Waals surface area (Å²) in [4.78, 5) is 24.4. The number of carboxylic acid groups (broad SMARTS) is 1. The van der Waals surface area contributed by atoms with Gasteiger partial charge < -0.3 is 10.4 Å². The molecule has 2 heterocycles. The number of carbonyl (C=O) groups excluding carboxylic acids is 1. The first-order valence-electron chi connectivity index (χ1n) is 10.1. The number of hydrazine groups is 1. The molecule has 156 valence electrons.